The van der Waals surface area contributed by atoms with Crippen molar-refractivity contribution in [1.82, 2.24) is 16.0 Å². The molecule has 1 unspecified atom stereocenters. The van der Waals surface area contributed by atoms with Gasteiger partial charge in [0.25, 0.3) is 0 Å². The highest BCUT2D eigenvalue weighted by atomic mass is 16.4. The van der Waals surface area contributed by atoms with Crippen LogP contribution >= 0.6 is 0 Å². The standard InChI is InChI=1S/C16H25N3O5/c1-16(2,3)7-6-12(14(21)22)19-13(20)10-18-15(23)17-9-11-5-4-8-24-11/h4-5,8,12H,6-7,9-10H2,1-3H3,(H,19,20)(H,21,22)(H2,17,18,23). The Morgan fingerprint density at radius 2 is 1.96 bits per heavy atom. The predicted molar refractivity (Wildman–Crippen MR) is 87.2 cm³/mol. The van der Waals surface area contributed by atoms with Crippen molar-refractivity contribution in [3.05, 3.63) is 24.2 Å². The molecule has 1 rings (SSSR count). The normalized spacial score (nSPS) is 12.3. The molecule has 0 fully saturated rings. The van der Waals surface area contributed by atoms with E-state index in [1.165, 1.54) is 6.26 Å². The van der Waals surface area contributed by atoms with Gasteiger partial charge in [-0.2, -0.15) is 0 Å². The zero-order chi connectivity index (χ0) is 18.2. The number of furan rings is 1. The molecule has 0 spiro atoms. The van der Waals surface area contributed by atoms with Gasteiger partial charge in [-0.3, -0.25) is 4.79 Å². The van der Waals surface area contributed by atoms with Crippen LogP contribution in [0.4, 0.5) is 4.79 Å². The molecule has 0 aliphatic carbocycles. The average molecular weight is 339 g/mol. The first kappa shape index (κ1) is 19.5. The molecule has 1 aromatic heterocycles. The molecule has 3 amide bonds. The van der Waals surface area contributed by atoms with Gasteiger partial charge in [-0.15, -0.1) is 0 Å². The zero-order valence-corrected chi connectivity index (χ0v) is 14.2. The van der Waals surface area contributed by atoms with Gasteiger partial charge in [-0.25, -0.2) is 9.59 Å². The summed E-state index contributed by atoms with van der Waals surface area (Å²) in [5, 5.41) is 16.5. The number of carbonyl (C=O) groups excluding carboxylic acids is 2. The van der Waals surface area contributed by atoms with E-state index >= 15 is 0 Å². The van der Waals surface area contributed by atoms with Crippen molar-refractivity contribution in [2.75, 3.05) is 6.54 Å². The number of urea groups is 1. The van der Waals surface area contributed by atoms with E-state index in [-0.39, 0.29) is 18.5 Å². The molecular weight excluding hydrogens is 314 g/mol. The third-order valence-electron chi connectivity index (χ3n) is 3.23. The highest BCUT2D eigenvalue weighted by Gasteiger charge is 2.22. The maximum absolute atomic E-state index is 11.8. The lowest BCUT2D eigenvalue weighted by atomic mass is 9.88. The zero-order valence-electron chi connectivity index (χ0n) is 14.2. The minimum Gasteiger partial charge on any atom is -0.480 e. The molecule has 1 atom stereocenters. The molecule has 0 aromatic carbocycles. The van der Waals surface area contributed by atoms with E-state index in [2.05, 4.69) is 16.0 Å². The number of rotatable bonds is 8. The smallest absolute Gasteiger partial charge is 0.326 e. The van der Waals surface area contributed by atoms with Crippen molar-refractivity contribution < 1.29 is 23.9 Å². The van der Waals surface area contributed by atoms with E-state index in [4.69, 9.17) is 9.52 Å². The van der Waals surface area contributed by atoms with Gasteiger partial charge in [0.1, 0.15) is 11.8 Å². The van der Waals surface area contributed by atoms with Crippen LogP contribution in [0.1, 0.15) is 39.4 Å². The lowest BCUT2D eigenvalue weighted by Gasteiger charge is -2.21. The van der Waals surface area contributed by atoms with Gasteiger partial charge in [0.05, 0.1) is 19.4 Å². The third kappa shape index (κ3) is 8.21. The first-order valence-electron chi connectivity index (χ1n) is 7.73. The number of hydrogen-bond acceptors (Lipinski definition) is 4. The summed E-state index contributed by atoms with van der Waals surface area (Å²) in [4.78, 5) is 34.5. The number of carboxylic acids is 1. The van der Waals surface area contributed by atoms with E-state index in [1.807, 2.05) is 20.8 Å². The third-order valence-corrected chi connectivity index (χ3v) is 3.23. The number of amides is 3. The van der Waals surface area contributed by atoms with Gasteiger partial charge in [-0.1, -0.05) is 20.8 Å². The van der Waals surface area contributed by atoms with Crippen LogP contribution in [0, 0.1) is 5.41 Å². The fourth-order valence-electron chi connectivity index (χ4n) is 1.88. The number of carbonyl (C=O) groups is 3. The summed E-state index contributed by atoms with van der Waals surface area (Å²) in [6, 6.07) is 1.90. The molecule has 0 aliphatic rings. The Morgan fingerprint density at radius 3 is 2.50 bits per heavy atom. The van der Waals surface area contributed by atoms with Crippen LogP contribution in [0.25, 0.3) is 0 Å². The minimum absolute atomic E-state index is 0.0254. The summed E-state index contributed by atoms with van der Waals surface area (Å²) in [5.74, 6) is -1.05. The van der Waals surface area contributed by atoms with E-state index in [1.54, 1.807) is 12.1 Å². The van der Waals surface area contributed by atoms with Gasteiger partial charge < -0.3 is 25.5 Å². The number of nitrogens with one attached hydrogen (secondary N) is 3. The molecule has 0 saturated heterocycles. The van der Waals surface area contributed by atoms with Gasteiger partial charge in [0.15, 0.2) is 0 Å². The van der Waals surface area contributed by atoms with Crippen molar-refractivity contribution in [3.63, 3.8) is 0 Å². The second kappa shape index (κ2) is 8.95. The van der Waals surface area contributed by atoms with Crippen molar-refractivity contribution in [3.8, 4) is 0 Å². The second-order valence-electron chi connectivity index (χ2n) is 6.67. The lowest BCUT2D eigenvalue weighted by Crippen LogP contribution is -2.47. The van der Waals surface area contributed by atoms with E-state index in [9.17, 15) is 14.4 Å². The molecule has 4 N–H and O–H groups in total. The minimum atomic E-state index is -1.09. The molecule has 0 radical (unpaired) electrons. The maximum atomic E-state index is 11.8. The molecule has 8 nitrogen and oxygen atoms in total. The lowest BCUT2D eigenvalue weighted by molar-refractivity contribution is -0.142. The highest BCUT2D eigenvalue weighted by Crippen LogP contribution is 2.21. The van der Waals surface area contributed by atoms with Crippen molar-refractivity contribution in [2.24, 2.45) is 5.41 Å². The van der Waals surface area contributed by atoms with E-state index in [0.29, 0.717) is 18.6 Å². The van der Waals surface area contributed by atoms with Crippen LogP contribution in [0.5, 0.6) is 0 Å². The van der Waals surface area contributed by atoms with Gasteiger partial charge >= 0.3 is 12.0 Å². The highest BCUT2D eigenvalue weighted by molar-refractivity contribution is 5.87. The summed E-state index contributed by atoms with van der Waals surface area (Å²) >= 11 is 0. The van der Waals surface area contributed by atoms with E-state index in [0.717, 1.165) is 0 Å². The summed E-state index contributed by atoms with van der Waals surface area (Å²) in [7, 11) is 0. The van der Waals surface area contributed by atoms with Crippen LogP contribution in [-0.4, -0.2) is 35.6 Å². The maximum Gasteiger partial charge on any atom is 0.326 e. The Balaban J connectivity index is 2.31. The van der Waals surface area contributed by atoms with Crippen LogP contribution in [-0.2, 0) is 16.1 Å². The Bertz CT molecular complexity index is 549. The van der Waals surface area contributed by atoms with Gasteiger partial charge in [0.2, 0.25) is 5.91 Å². The largest absolute Gasteiger partial charge is 0.480 e. The summed E-state index contributed by atoms with van der Waals surface area (Å²) < 4.78 is 5.06. The molecule has 24 heavy (non-hydrogen) atoms. The predicted octanol–water partition coefficient (Wildman–Crippen LogP) is 1.47. The fraction of sp³-hybridized carbons (Fsp3) is 0.562. The summed E-state index contributed by atoms with van der Waals surface area (Å²) in [6.07, 6.45) is 2.47. The average Bonchev–Trinajstić information content (AvgIpc) is 2.99. The SMILES string of the molecule is CC(C)(C)CCC(NC(=O)CNC(=O)NCc1ccco1)C(=O)O. The van der Waals surface area contributed by atoms with E-state index < -0.39 is 23.9 Å². The molecule has 0 bridgehead atoms. The number of carboxylic acid groups (broad SMARTS) is 1. The van der Waals surface area contributed by atoms with Gasteiger partial charge in [0, 0.05) is 0 Å². The molecule has 0 saturated carbocycles. The number of hydrogen-bond donors (Lipinski definition) is 4. The van der Waals surface area contributed by atoms with Crippen LogP contribution < -0.4 is 16.0 Å². The molecule has 1 heterocycles. The van der Waals surface area contributed by atoms with Crippen LogP contribution in [0.2, 0.25) is 0 Å². The molecule has 134 valence electrons. The number of aliphatic carboxylic acids is 1. The summed E-state index contributed by atoms with van der Waals surface area (Å²) in [6.45, 7) is 5.89. The quantitative estimate of drug-likeness (QED) is 0.571. The molecule has 8 heteroatoms. The Kier molecular flexibility index (Phi) is 7.29. The Labute approximate surface area is 141 Å². The monoisotopic (exact) mass is 339 g/mol. The fourth-order valence-corrected chi connectivity index (χ4v) is 1.88. The van der Waals surface area contributed by atoms with Crippen LogP contribution in [0.15, 0.2) is 22.8 Å². The first-order chi connectivity index (χ1) is 11.2. The van der Waals surface area contributed by atoms with Gasteiger partial charge in [-0.05, 0) is 30.4 Å². The van der Waals surface area contributed by atoms with Crippen LogP contribution in [0.3, 0.4) is 0 Å². The Hall–Kier alpha value is -2.51. The van der Waals surface area contributed by atoms with Crippen molar-refractivity contribution >= 4 is 17.9 Å². The van der Waals surface area contributed by atoms with Crippen molar-refractivity contribution in [1.29, 1.82) is 0 Å². The van der Waals surface area contributed by atoms with Crippen molar-refractivity contribution in [2.45, 2.75) is 46.2 Å². The molecule has 1 aromatic rings. The Morgan fingerprint density at radius 1 is 1.25 bits per heavy atom. The summed E-state index contributed by atoms with van der Waals surface area (Å²) in [5.41, 5.74) is -0.0254. The molecule has 0 aliphatic heterocycles. The first-order valence-corrected chi connectivity index (χ1v) is 7.73. The topological polar surface area (TPSA) is 121 Å². The second-order valence-corrected chi connectivity index (χ2v) is 6.67. The molecular formula is C16H25N3O5.